The van der Waals surface area contributed by atoms with Gasteiger partial charge >= 0.3 is 11.9 Å². The van der Waals surface area contributed by atoms with E-state index < -0.39 is 26.5 Å². The van der Waals surface area contributed by atoms with Crippen molar-refractivity contribution >= 4 is 19.8 Å². The third-order valence-electron chi connectivity index (χ3n) is 16.1. The summed E-state index contributed by atoms with van der Waals surface area (Å²) in [6.07, 6.45) is 95.0. The Labute approximate surface area is 544 Å². The van der Waals surface area contributed by atoms with Crippen LogP contribution in [-0.4, -0.2) is 70.0 Å². The molecule has 0 rings (SSSR count). The van der Waals surface area contributed by atoms with Crippen LogP contribution >= 0.6 is 7.82 Å². The lowest BCUT2D eigenvalue weighted by molar-refractivity contribution is -0.870. The molecule has 0 spiro atoms. The highest BCUT2D eigenvalue weighted by atomic mass is 31.2. The van der Waals surface area contributed by atoms with E-state index in [1.165, 1.54) is 205 Å². The van der Waals surface area contributed by atoms with Crippen LogP contribution < -0.4 is 4.89 Å². The standard InChI is InChI=1S/C78H140NO8P/c1-6-8-10-12-14-16-18-20-22-24-26-28-30-32-34-36-37-38-39-40-41-43-45-47-49-51-53-55-57-59-61-63-65-67-69-71-78(81)87-76(75-86-88(82,83)85-73-72-79(3,4)5)74-84-77(80)70-68-66-64-62-60-58-56-54-52-50-48-46-44-42-35-33-31-29-27-25-23-21-19-17-15-13-11-9-7-2/h8,10,14,16,20,22,26,28,32,34,37-38,40-41,45,47,76H,6-7,9,11-13,15,17-19,21,23-25,27,29-31,33,35-36,39,42-44,46,48-75H2,1-5H3/b10-8-,16-14-,22-20-,28-26-,34-32-,38-37-,41-40-,47-45-. The van der Waals surface area contributed by atoms with Gasteiger partial charge in [-0.05, 0) is 77.0 Å². The summed E-state index contributed by atoms with van der Waals surface area (Å²) in [5, 5.41) is 0. The molecule has 0 aliphatic rings. The van der Waals surface area contributed by atoms with Crippen LogP contribution in [0.2, 0.25) is 0 Å². The molecule has 2 atom stereocenters. The minimum Gasteiger partial charge on any atom is -0.756 e. The second kappa shape index (κ2) is 68.3. The SMILES string of the molecule is CC/C=C\C/C=C\C/C=C\C/C=C\C/C=C\C/C=C\C/C=C\C/C=C\CCCCCCCCCCCCC(=O)OC(COC(=O)CCCCCCCCCCCCCCCCCCCCCCCCCCCCCCC)COP(=O)([O-])OCC[N+](C)(C)C. The Morgan fingerprint density at radius 2 is 0.648 bits per heavy atom. The third-order valence-corrected chi connectivity index (χ3v) is 17.1. The van der Waals surface area contributed by atoms with E-state index in [2.05, 4.69) is 111 Å². The largest absolute Gasteiger partial charge is 0.756 e. The Morgan fingerprint density at radius 1 is 0.364 bits per heavy atom. The van der Waals surface area contributed by atoms with Crippen molar-refractivity contribution in [2.45, 2.75) is 341 Å². The molecule has 0 radical (unpaired) electrons. The van der Waals surface area contributed by atoms with Crippen LogP contribution in [0.25, 0.3) is 0 Å². The molecule has 510 valence electrons. The summed E-state index contributed by atoms with van der Waals surface area (Å²) >= 11 is 0. The molecule has 0 amide bonds. The molecule has 0 bridgehead atoms. The smallest absolute Gasteiger partial charge is 0.306 e. The first-order chi connectivity index (χ1) is 43.0. The fraction of sp³-hybridized carbons (Fsp3) is 0.769. The monoisotopic (exact) mass is 1250 g/mol. The summed E-state index contributed by atoms with van der Waals surface area (Å²) in [5.74, 6) is -0.828. The number of carbonyl (C=O) groups is 2. The molecular formula is C78H140NO8P. The number of unbranched alkanes of at least 4 members (excludes halogenated alkanes) is 38. The van der Waals surface area contributed by atoms with Crippen LogP contribution in [0.4, 0.5) is 0 Å². The average Bonchev–Trinajstić information content (AvgIpc) is 3.57. The number of rotatable bonds is 68. The molecule has 0 fully saturated rings. The number of phosphoric acid groups is 1. The van der Waals surface area contributed by atoms with Crippen LogP contribution in [0.1, 0.15) is 335 Å². The van der Waals surface area contributed by atoms with E-state index in [4.69, 9.17) is 18.5 Å². The molecule has 88 heavy (non-hydrogen) atoms. The van der Waals surface area contributed by atoms with Gasteiger partial charge in [-0.25, -0.2) is 0 Å². The lowest BCUT2D eigenvalue weighted by atomic mass is 10.0. The van der Waals surface area contributed by atoms with Gasteiger partial charge in [0.2, 0.25) is 0 Å². The first-order valence-electron chi connectivity index (χ1n) is 36.9. The molecule has 0 aromatic heterocycles. The van der Waals surface area contributed by atoms with Gasteiger partial charge in [0.25, 0.3) is 7.82 Å². The molecule has 0 saturated heterocycles. The van der Waals surface area contributed by atoms with E-state index in [0.29, 0.717) is 17.4 Å². The topological polar surface area (TPSA) is 111 Å². The second-order valence-electron chi connectivity index (χ2n) is 25.9. The van der Waals surface area contributed by atoms with Crippen molar-refractivity contribution in [1.29, 1.82) is 0 Å². The number of hydrogen-bond donors (Lipinski definition) is 0. The van der Waals surface area contributed by atoms with Gasteiger partial charge in [-0.15, -0.1) is 0 Å². The molecule has 0 saturated carbocycles. The van der Waals surface area contributed by atoms with Gasteiger partial charge in [0.1, 0.15) is 19.8 Å². The Morgan fingerprint density at radius 3 is 0.966 bits per heavy atom. The Kier molecular flexibility index (Phi) is 65.9. The number of allylic oxidation sites excluding steroid dienone is 16. The number of carbonyl (C=O) groups excluding carboxylic acids is 2. The molecule has 0 heterocycles. The summed E-state index contributed by atoms with van der Waals surface area (Å²) in [5.41, 5.74) is 0. The quantitative estimate of drug-likeness (QED) is 0.0195. The lowest BCUT2D eigenvalue weighted by Crippen LogP contribution is -2.37. The Hall–Kier alpha value is -3.07. The summed E-state index contributed by atoms with van der Waals surface area (Å²) in [7, 11) is 1.17. The highest BCUT2D eigenvalue weighted by Crippen LogP contribution is 2.38. The Balaban J connectivity index is 4.04. The summed E-state index contributed by atoms with van der Waals surface area (Å²) < 4.78 is 34.4. The van der Waals surface area contributed by atoms with Crippen LogP contribution in [0, 0.1) is 0 Å². The number of esters is 2. The van der Waals surface area contributed by atoms with E-state index in [1.54, 1.807) is 0 Å². The number of quaternary nitrogens is 1. The molecular weight excluding hydrogens is 1110 g/mol. The van der Waals surface area contributed by atoms with Crippen molar-refractivity contribution in [1.82, 2.24) is 0 Å². The maximum atomic E-state index is 12.9. The van der Waals surface area contributed by atoms with Gasteiger partial charge in [0.05, 0.1) is 27.7 Å². The van der Waals surface area contributed by atoms with Gasteiger partial charge in [-0.1, -0.05) is 342 Å². The zero-order chi connectivity index (χ0) is 64.1. The van der Waals surface area contributed by atoms with Gasteiger partial charge in [0.15, 0.2) is 6.10 Å². The van der Waals surface area contributed by atoms with Gasteiger partial charge in [-0.3, -0.25) is 14.2 Å². The predicted octanol–water partition coefficient (Wildman–Crippen LogP) is 23.6. The van der Waals surface area contributed by atoms with Crippen molar-refractivity contribution in [3.8, 4) is 0 Å². The molecule has 0 aromatic rings. The predicted molar refractivity (Wildman–Crippen MR) is 379 cm³/mol. The third kappa shape index (κ3) is 72.0. The summed E-state index contributed by atoms with van der Waals surface area (Å²) in [6, 6.07) is 0. The van der Waals surface area contributed by atoms with Crippen LogP contribution in [0.5, 0.6) is 0 Å². The van der Waals surface area contributed by atoms with Crippen molar-refractivity contribution in [2.75, 3.05) is 47.5 Å². The minimum atomic E-state index is -4.65. The van der Waals surface area contributed by atoms with Gasteiger partial charge < -0.3 is 27.9 Å². The molecule has 2 unspecified atom stereocenters. The molecule has 0 aliphatic heterocycles. The summed E-state index contributed by atoms with van der Waals surface area (Å²) in [4.78, 5) is 38.1. The van der Waals surface area contributed by atoms with E-state index in [0.717, 1.165) is 96.3 Å². The first kappa shape index (κ1) is 84.9. The number of hydrogen-bond acceptors (Lipinski definition) is 8. The number of likely N-dealkylation sites (N-methyl/N-ethyl adjacent to an activating group) is 1. The fourth-order valence-corrected chi connectivity index (χ4v) is 11.2. The molecule has 9 nitrogen and oxygen atoms in total. The van der Waals surface area contributed by atoms with Crippen LogP contribution in [0.15, 0.2) is 97.2 Å². The average molecular weight is 1250 g/mol. The van der Waals surface area contributed by atoms with Crippen LogP contribution in [0.3, 0.4) is 0 Å². The van der Waals surface area contributed by atoms with E-state index in [1.807, 2.05) is 21.1 Å². The van der Waals surface area contributed by atoms with Gasteiger partial charge in [0, 0.05) is 12.8 Å². The normalized spacial score (nSPS) is 13.7. The number of phosphoric ester groups is 1. The van der Waals surface area contributed by atoms with Crippen molar-refractivity contribution in [3.05, 3.63) is 97.2 Å². The van der Waals surface area contributed by atoms with Gasteiger partial charge in [-0.2, -0.15) is 0 Å². The minimum absolute atomic E-state index is 0.0337. The first-order valence-corrected chi connectivity index (χ1v) is 38.4. The highest BCUT2D eigenvalue weighted by Gasteiger charge is 2.22. The van der Waals surface area contributed by atoms with Crippen LogP contribution in [-0.2, 0) is 32.7 Å². The number of ether oxygens (including phenoxy) is 2. The van der Waals surface area contributed by atoms with E-state index >= 15 is 0 Å². The maximum absolute atomic E-state index is 12.9. The van der Waals surface area contributed by atoms with E-state index in [9.17, 15) is 19.0 Å². The van der Waals surface area contributed by atoms with E-state index in [-0.39, 0.29) is 32.0 Å². The molecule has 0 N–H and O–H groups in total. The molecule has 0 aromatic carbocycles. The molecule has 0 aliphatic carbocycles. The van der Waals surface area contributed by atoms with Crippen molar-refractivity contribution < 1.29 is 42.1 Å². The fourth-order valence-electron chi connectivity index (χ4n) is 10.5. The maximum Gasteiger partial charge on any atom is 0.306 e. The van der Waals surface area contributed by atoms with Crippen molar-refractivity contribution in [2.24, 2.45) is 0 Å². The van der Waals surface area contributed by atoms with Crippen molar-refractivity contribution in [3.63, 3.8) is 0 Å². The zero-order valence-electron chi connectivity index (χ0n) is 58.2. The zero-order valence-corrected chi connectivity index (χ0v) is 59.1. The second-order valence-corrected chi connectivity index (χ2v) is 27.3. The number of nitrogens with zero attached hydrogens (tertiary/aromatic N) is 1. The Bertz CT molecular complexity index is 1810. The molecule has 10 heteroatoms. The lowest BCUT2D eigenvalue weighted by Gasteiger charge is -2.28. The highest BCUT2D eigenvalue weighted by molar-refractivity contribution is 7.45. The summed E-state index contributed by atoms with van der Waals surface area (Å²) in [6.45, 7) is 4.17.